The van der Waals surface area contributed by atoms with Crippen molar-refractivity contribution in [1.29, 1.82) is 0 Å². The Bertz CT molecular complexity index is 523. The number of hydrogen-bond acceptors (Lipinski definition) is 5. The van der Waals surface area contributed by atoms with E-state index in [4.69, 9.17) is 14.6 Å². The van der Waals surface area contributed by atoms with Crippen LogP contribution in [0.1, 0.15) is 18.2 Å². The predicted molar refractivity (Wildman–Crippen MR) is 62.5 cm³/mol. The van der Waals surface area contributed by atoms with Crippen molar-refractivity contribution in [3.8, 4) is 0 Å². The average Bonchev–Trinajstić information content (AvgIpc) is 2.76. The third-order valence-corrected chi connectivity index (χ3v) is 3.12. The molecule has 0 aliphatic carbocycles. The lowest BCUT2D eigenvalue weighted by Gasteiger charge is -2.14. The molecule has 0 radical (unpaired) electrons. The molecule has 7 nitrogen and oxygen atoms in total. The van der Waals surface area contributed by atoms with Crippen molar-refractivity contribution < 1.29 is 14.6 Å². The number of H-pyrrole nitrogens is 1. The number of nitrogens with zero attached hydrogens (tertiary/aromatic N) is 1. The second-order valence-corrected chi connectivity index (χ2v) is 4.30. The Morgan fingerprint density at radius 2 is 2.33 bits per heavy atom. The smallest absolute Gasteiger partial charge is 0.330 e. The quantitative estimate of drug-likeness (QED) is 0.734. The molecule has 100 valence electrons. The summed E-state index contributed by atoms with van der Waals surface area (Å²) >= 11 is 0. The van der Waals surface area contributed by atoms with Gasteiger partial charge in [-0.2, -0.15) is 0 Å². The molecule has 1 saturated heterocycles. The monoisotopic (exact) mass is 256 g/mol. The Morgan fingerprint density at radius 3 is 2.89 bits per heavy atom. The Labute approximate surface area is 103 Å². The average molecular weight is 256 g/mol. The van der Waals surface area contributed by atoms with Crippen molar-refractivity contribution in [1.82, 2.24) is 9.55 Å². The van der Waals surface area contributed by atoms with Gasteiger partial charge in [0.15, 0.2) is 0 Å². The maximum absolute atomic E-state index is 11.7. The predicted octanol–water partition coefficient (Wildman–Crippen LogP) is -0.860. The minimum absolute atomic E-state index is 0.175. The number of hydrogen-bond donors (Lipinski definition) is 2. The molecule has 1 aliphatic rings. The van der Waals surface area contributed by atoms with Crippen LogP contribution in [0.2, 0.25) is 0 Å². The molecular formula is C11H16N2O5. The van der Waals surface area contributed by atoms with E-state index in [1.54, 1.807) is 6.92 Å². The Morgan fingerprint density at radius 1 is 1.61 bits per heavy atom. The van der Waals surface area contributed by atoms with Crippen molar-refractivity contribution in [2.24, 2.45) is 0 Å². The summed E-state index contributed by atoms with van der Waals surface area (Å²) < 4.78 is 12.0. The highest BCUT2D eigenvalue weighted by molar-refractivity contribution is 5.02. The summed E-state index contributed by atoms with van der Waals surface area (Å²) in [6, 6.07) is 0. The molecule has 0 amide bonds. The van der Waals surface area contributed by atoms with Gasteiger partial charge in [-0.15, -0.1) is 0 Å². The molecule has 2 rings (SSSR count). The Kier molecular flexibility index (Phi) is 3.65. The summed E-state index contributed by atoms with van der Waals surface area (Å²) in [5.74, 6) is 0. The van der Waals surface area contributed by atoms with E-state index in [1.807, 2.05) is 0 Å². The molecule has 1 fully saturated rings. The van der Waals surface area contributed by atoms with Crippen molar-refractivity contribution >= 4 is 0 Å². The molecule has 0 spiro atoms. The van der Waals surface area contributed by atoms with Gasteiger partial charge in [0.25, 0.3) is 5.56 Å². The van der Waals surface area contributed by atoms with Crippen molar-refractivity contribution in [2.75, 3.05) is 13.7 Å². The number of aromatic amines is 1. The third kappa shape index (κ3) is 2.24. The van der Waals surface area contributed by atoms with Crippen molar-refractivity contribution in [2.45, 2.75) is 31.8 Å². The molecule has 2 heterocycles. The molecule has 0 aromatic carbocycles. The topological polar surface area (TPSA) is 93.6 Å². The standard InChI is InChI=1S/C11H16N2O5/c1-6-4-13(11(16)12-10(6)15)9-3-7(17-2)8(5-14)18-9/h4,7-9,14H,3,5H2,1-2H3,(H,12,15,16)/t7?,8-,9-/m1/s1. The molecule has 1 unspecified atom stereocenters. The number of aryl methyl sites for hydroxylation is 1. The number of aliphatic hydroxyl groups excluding tert-OH is 1. The fourth-order valence-corrected chi connectivity index (χ4v) is 2.08. The van der Waals surface area contributed by atoms with E-state index in [9.17, 15) is 9.59 Å². The molecule has 1 aliphatic heterocycles. The summed E-state index contributed by atoms with van der Waals surface area (Å²) in [4.78, 5) is 25.2. The maximum Gasteiger partial charge on any atom is 0.330 e. The summed E-state index contributed by atoms with van der Waals surface area (Å²) in [5, 5.41) is 9.15. The second-order valence-electron chi connectivity index (χ2n) is 4.30. The normalized spacial score (nSPS) is 27.6. The highest BCUT2D eigenvalue weighted by Gasteiger charge is 2.36. The van der Waals surface area contributed by atoms with Gasteiger partial charge in [-0.1, -0.05) is 0 Å². The van der Waals surface area contributed by atoms with Gasteiger partial charge in [0.05, 0.1) is 12.7 Å². The highest BCUT2D eigenvalue weighted by Crippen LogP contribution is 2.29. The zero-order chi connectivity index (χ0) is 13.3. The van der Waals surface area contributed by atoms with Crippen LogP contribution in [0.25, 0.3) is 0 Å². The first kappa shape index (κ1) is 13.0. The lowest BCUT2D eigenvalue weighted by Crippen LogP contribution is -2.33. The van der Waals surface area contributed by atoms with Crippen molar-refractivity contribution in [3.63, 3.8) is 0 Å². The van der Waals surface area contributed by atoms with E-state index in [0.717, 1.165) is 0 Å². The number of aromatic nitrogens is 2. The zero-order valence-corrected chi connectivity index (χ0v) is 10.3. The van der Waals surface area contributed by atoms with Crippen molar-refractivity contribution in [3.05, 3.63) is 32.6 Å². The summed E-state index contributed by atoms with van der Waals surface area (Å²) in [5.41, 5.74) is -0.500. The zero-order valence-electron chi connectivity index (χ0n) is 10.3. The molecule has 18 heavy (non-hydrogen) atoms. The number of methoxy groups -OCH3 is 1. The first-order chi connectivity index (χ1) is 8.56. The Hall–Kier alpha value is -1.44. The lowest BCUT2D eigenvalue weighted by atomic mass is 10.2. The van der Waals surface area contributed by atoms with Crippen LogP contribution in [0.15, 0.2) is 15.8 Å². The maximum atomic E-state index is 11.7. The number of nitrogens with one attached hydrogen (secondary N) is 1. The molecule has 1 aromatic rings. The molecule has 7 heteroatoms. The van der Waals surface area contributed by atoms with Crippen LogP contribution >= 0.6 is 0 Å². The van der Waals surface area contributed by atoms with Gasteiger partial charge < -0.3 is 14.6 Å². The van der Waals surface area contributed by atoms with Crippen LogP contribution < -0.4 is 11.2 Å². The summed E-state index contributed by atoms with van der Waals surface area (Å²) in [6.45, 7) is 1.44. The minimum atomic E-state index is -0.532. The first-order valence-electron chi connectivity index (χ1n) is 5.68. The molecule has 1 aromatic heterocycles. The van der Waals surface area contributed by atoms with E-state index >= 15 is 0 Å². The van der Waals surface area contributed by atoms with E-state index < -0.39 is 23.6 Å². The van der Waals surface area contributed by atoms with Gasteiger partial charge in [-0.3, -0.25) is 14.3 Å². The number of aliphatic hydroxyl groups is 1. The van der Waals surface area contributed by atoms with Crippen LogP contribution in [-0.4, -0.2) is 40.6 Å². The number of ether oxygens (including phenoxy) is 2. The fourth-order valence-electron chi connectivity index (χ4n) is 2.08. The van der Waals surface area contributed by atoms with Crippen LogP contribution in [0, 0.1) is 6.92 Å². The summed E-state index contributed by atoms with van der Waals surface area (Å²) in [6.07, 6.45) is 0.652. The molecule has 2 N–H and O–H groups in total. The first-order valence-corrected chi connectivity index (χ1v) is 5.68. The molecule has 0 bridgehead atoms. The van der Waals surface area contributed by atoms with Crippen LogP contribution in [0.4, 0.5) is 0 Å². The number of rotatable bonds is 3. The van der Waals surface area contributed by atoms with Gasteiger partial charge >= 0.3 is 5.69 Å². The fraction of sp³-hybridized carbons (Fsp3) is 0.636. The Balaban J connectivity index is 2.31. The SMILES string of the molecule is COC1C[C@H](n2cc(C)c(=O)[nH]c2=O)O[C@@H]1CO. The summed E-state index contributed by atoms with van der Waals surface area (Å²) in [7, 11) is 1.53. The van der Waals surface area contributed by atoms with Gasteiger partial charge in [0, 0.05) is 25.3 Å². The van der Waals surface area contributed by atoms with Crippen LogP contribution in [0.5, 0.6) is 0 Å². The highest BCUT2D eigenvalue weighted by atomic mass is 16.6. The largest absolute Gasteiger partial charge is 0.394 e. The molecular weight excluding hydrogens is 240 g/mol. The van der Waals surface area contributed by atoms with Gasteiger partial charge in [-0.25, -0.2) is 4.79 Å². The molecule has 0 saturated carbocycles. The molecule has 3 atom stereocenters. The van der Waals surface area contributed by atoms with Gasteiger partial charge in [0.2, 0.25) is 0 Å². The van der Waals surface area contributed by atoms with Gasteiger partial charge in [-0.05, 0) is 6.92 Å². The lowest BCUT2D eigenvalue weighted by molar-refractivity contribution is -0.0535. The van der Waals surface area contributed by atoms with E-state index in [1.165, 1.54) is 17.9 Å². The van der Waals surface area contributed by atoms with E-state index in [-0.39, 0.29) is 12.7 Å². The third-order valence-electron chi connectivity index (χ3n) is 3.12. The van der Waals surface area contributed by atoms with Gasteiger partial charge in [0.1, 0.15) is 12.3 Å². The van der Waals surface area contributed by atoms with Crippen LogP contribution in [0.3, 0.4) is 0 Å². The van der Waals surface area contributed by atoms with E-state index in [0.29, 0.717) is 12.0 Å². The van der Waals surface area contributed by atoms with Crippen LogP contribution in [-0.2, 0) is 9.47 Å². The minimum Gasteiger partial charge on any atom is -0.394 e. The van der Waals surface area contributed by atoms with E-state index in [2.05, 4.69) is 4.98 Å². The second kappa shape index (κ2) is 5.05.